The van der Waals surface area contributed by atoms with E-state index in [1.54, 1.807) is 0 Å². The van der Waals surface area contributed by atoms with Crippen LogP contribution in [0.5, 0.6) is 0 Å². The minimum Gasteiger partial charge on any atom is -0.465 e. The fraction of sp³-hybridized carbons (Fsp3) is 0.611. The number of esters is 1. The van der Waals surface area contributed by atoms with E-state index in [1.165, 1.54) is 41.7 Å². The van der Waals surface area contributed by atoms with Gasteiger partial charge in [-0.25, -0.2) is 4.79 Å². The van der Waals surface area contributed by atoms with Crippen molar-refractivity contribution in [2.45, 2.75) is 63.5 Å². The van der Waals surface area contributed by atoms with Crippen molar-refractivity contribution in [1.29, 1.82) is 0 Å². The zero-order valence-corrected chi connectivity index (χ0v) is 14.5. The molecule has 0 saturated heterocycles. The number of methoxy groups -OCH3 is 1. The van der Waals surface area contributed by atoms with E-state index >= 15 is 0 Å². The van der Waals surface area contributed by atoms with Crippen LogP contribution in [0.3, 0.4) is 0 Å². The average molecular weight is 335 g/mol. The highest BCUT2D eigenvalue weighted by atomic mass is 32.1. The van der Waals surface area contributed by atoms with Gasteiger partial charge in [0.15, 0.2) is 0 Å². The number of hydrogen-bond acceptors (Lipinski definition) is 5. The summed E-state index contributed by atoms with van der Waals surface area (Å²) in [4.78, 5) is 14.0. The van der Waals surface area contributed by atoms with Crippen molar-refractivity contribution in [3.8, 4) is 0 Å². The molecule has 0 spiro atoms. The smallest absolute Gasteiger partial charge is 0.350 e. The van der Waals surface area contributed by atoms with Gasteiger partial charge in [0.1, 0.15) is 4.88 Å². The van der Waals surface area contributed by atoms with E-state index in [9.17, 15) is 9.90 Å². The summed E-state index contributed by atoms with van der Waals surface area (Å²) in [6.45, 7) is 0. The van der Waals surface area contributed by atoms with Crippen molar-refractivity contribution in [2.24, 2.45) is 0 Å². The highest BCUT2D eigenvalue weighted by Gasteiger charge is 2.24. The molecule has 0 atom stereocenters. The Hall–Kier alpha value is -1.33. The van der Waals surface area contributed by atoms with Crippen molar-refractivity contribution in [3.05, 3.63) is 21.9 Å². The van der Waals surface area contributed by atoms with Gasteiger partial charge < -0.3 is 15.2 Å². The summed E-state index contributed by atoms with van der Waals surface area (Å²) < 4.78 is 4.96. The van der Waals surface area contributed by atoms with Gasteiger partial charge in [-0.2, -0.15) is 0 Å². The molecule has 2 aliphatic carbocycles. The van der Waals surface area contributed by atoms with Gasteiger partial charge in [-0.3, -0.25) is 0 Å². The van der Waals surface area contributed by atoms with Crippen LogP contribution in [0.2, 0.25) is 0 Å². The molecule has 23 heavy (non-hydrogen) atoms. The molecule has 126 valence electrons. The molecule has 0 bridgehead atoms. The number of anilines is 1. The maximum Gasteiger partial charge on any atom is 0.350 e. The average Bonchev–Trinajstić information content (AvgIpc) is 3.01. The van der Waals surface area contributed by atoms with Crippen LogP contribution >= 0.6 is 11.3 Å². The fourth-order valence-corrected chi connectivity index (χ4v) is 4.51. The van der Waals surface area contributed by atoms with Crippen LogP contribution < -0.4 is 5.32 Å². The first-order chi connectivity index (χ1) is 11.2. The van der Waals surface area contributed by atoms with Crippen molar-refractivity contribution in [2.75, 3.05) is 12.4 Å². The number of hydrogen-bond donors (Lipinski definition) is 2. The van der Waals surface area contributed by atoms with Gasteiger partial charge in [0, 0.05) is 10.9 Å². The van der Waals surface area contributed by atoms with Crippen LogP contribution in [0.15, 0.2) is 12.1 Å². The van der Waals surface area contributed by atoms with E-state index in [0.717, 1.165) is 44.2 Å². The molecule has 0 radical (unpaired) electrons. The molecule has 4 nitrogen and oxygen atoms in total. The lowest BCUT2D eigenvalue weighted by atomic mass is 9.93. The lowest BCUT2D eigenvalue weighted by molar-refractivity contribution is 0.0607. The molecule has 2 aliphatic rings. The monoisotopic (exact) mass is 335 g/mol. The van der Waals surface area contributed by atoms with Gasteiger partial charge in [0.05, 0.1) is 18.9 Å². The fourth-order valence-electron chi connectivity index (χ4n) is 3.40. The van der Waals surface area contributed by atoms with Crippen molar-refractivity contribution in [3.63, 3.8) is 0 Å². The van der Waals surface area contributed by atoms with E-state index < -0.39 is 0 Å². The molecule has 1 aromatic heterocycles. The van der Waals surface area contributed by atoms with Crippen LogP contribution in [0.25, 0.3) is 5.57 Å². The predicted molar refractivity (Wildman–Crippen MR) is 94.0 cm³/mol. The third-order valence-corrected chi connectivity index (χ3v) is 5.96. The molecular weight excluding hydrogens is 310 g/mol. The Kier molecular flexibility index (Phi) is 5.38. The molecule has 1 aromatic rings. The topological polar surface area (TPSA) is 58.6 Å². The molecule has 3 rings (SSSR count). The summed E-state index contributed by atoms with van der Waals surface area (Å²) in [6, 6.07) is 2.43. The molecule has 5 heteroatoms. The Morgan fingerprint density at radius 2 is 2.09 bits per heavy atom. The summed E-state index contributed by atoms with van der Waals surface area (Å²) in [6.07, 6.45) is 10.4. The molecule has 0 amide bonds. The Labute approximate surface area is 141 Å². The normalized spacial score (nSPS) is 24.9. The number of allylic oxidation sites excluding steroid dienone is 2. The van der Waals surface area contributed by atoms with Gasteiger partial charge in [-0.1, -0.05) is 6.08 Å². The van der Waals surface area contributed by atoms with Crippen LogP contribution in [0.4, 0.5) is 5.69 Å². The second-order valence-electron chi connectivity index (χ2n) is 6.47. The summed E-state index contributed by atoms with van der Waals surface area (Å²) >= 11 is 1.53. The molecule has 2 N–H and O–H groups in total. The van der Waals surface area contributed by atoms with E-state index in [2.05, 4.69) is 17.5 Å². The maximum absolute atomic E-state index is 12.1. The molecule has 1 saturated carbocycles. The van der Waals surface area contributed by atoms with Gasteiger partial charge in [0.25, 0.3) is 0 Å². The summed E-state index contributed by atoms with van der Waals surface area (Å²) in [5, 5.41) is 13.2. The Balaban J connectivity index is 1.80. The number of nitrogens with one attached hydrogen (secondary N) is 1. The second-order valence-corrected chi connectivity index (χ2v) is 7.52. The number of carbonyl (C=O) groups excluding carboxylic acids is 1. The first kappa shape index (κ1) is 16.5. The molecule has 1 heterocycles. The third kappa shape index (κ3) is 3.96. The number of aliphatic hydroxyl groups is 1. The SMILES string of the molecule is COC(=O)c1sc(C2=CCCCC2)cc1NC1CCC(O)CC1. The van der Waals surface area contributed by atoms with Gasteiger partial charge in [-0.15, -0.1) is 11.3 Å². The Morgan fingerprint density at radius 1 is 1.30 bits per heavy atom. The summed E-state index contributed by atoms with van der Waals surface area (Å²) in [5.41, 5.74) is 2.25. The first-order valence-corrected chi connectivity index (χ1v) is 9.35. The van der Waals surface area contributed by atoms with Crippen LogP contribution in [0, 0.1) is 0 Å². The maximum atomic E-state index is 12.1. The second kappa shape index (κ2) is 7.49. The van der Waals surface area contributed by atoms with Crippen molar-refractivity contribution in [1.82, 2.24) is 0 Å². The lowest BCUT2D eigenvalue weighted by Gasteiger charge is -2.26. The highest BCUT2D eigenvalue weighted by molar-refractivity contribution is 7.15. The van der Waals surface area contributed by atoms with E-state index in [4.69, 9.17) is 4.74 Å². The number of aliphatic hydroxyl groups excluding tert-OH is 1. The zero-order chi connectivity index (χ0) is 16.2. The Bertz CT molecular complexity index is 585. The molecule has 0 unspecified atom stereocenters. The summed E-state index contributed by atoms with van der Waals surface area (Å²) in [7, 11) is 1.43. The van der Waals surface area contributed by atoms with E-state index in [1.807, 2.05) is 0 Å². The predicted octanol–water partition coefficient (Wildman–Crippen LogP) is 4.21. The van der Waals surface area contributed by atoms with Crippen LogP contribution in [-0.2, 0) is 4.74 Å². The minimum atomic E-state index is -0.268. The number of ether oxygens (including phenoxy) is 1. The number of rotatable bonds is 4. The largest absolute Gasteiger partial charge is 0.465 e. The van der Waals surface area contributed by atoms with Gasteiger partial charge >= 0.3 is 5.97 Å². The van der Waals surface area contributed by atoms with E-state index in [-0.39, 0.29) is 12.1 Å². The Morgan fingerprint density at radius 3 is 2.74 bits per heavy atom. The molecule has 0 aromatic carbocycles. The minimum absolute atomic E-state index is 0.168. The lowest BCUT2D eigenvalue weighted by Crippen LogP contribution is -2.28. The first-order valence-electron chi connectivity index (χ1n) is 8.53. The van der Waals surface area contributed by atoms with Crippen LogP contribution in [-0.4, -0.2) is 30.3 Å². The van der Waals surface area contributed by atoms with Crippen molar-refractivity contribution < 1.29 is 14.6 Å². The number of carbonyl (C=O) groups is 1. The van der Waals surface area contributed by atoms with Gasteiger partial charge in [-0.05, 0) is 63.0 Å². The van der Waals surface area contributed by atoms with E-state index in [0.29, 0.717) is 10.9 Å². The number of thiophene rings is 1. The van der Waals surface area contributed by atoms with Crippen LogP contribution in [0.1, 0.15) is 65.9 Å². The third-order valence-electron chi connectivity index (χ3n) is 4.77. The summed E-state index contributed by atoms with van der Waals surface area (Å²) in [5.74, 6) is -0.268. The standard InChI is InChI=1S/C18H25NO3S/c1-22-18(21)17-15(19-13-7-9-14(20)10-8-13)11-16(23-17)12-5-3-2-4-6-12/h5,11,13-14,19-20H,2-4,6-10H2,1H3. The molecular formula is C18H25NO3S. The van der Waals surface area contributed by atoms with Gasteiger partial charge in [0.2, 0.25) is 0 Å². The quantitative estimate of drug-likeness (QED) is 0.809. The van der Waals surface area contributed by atoms with Crippen molar-refractivity contribution >= 4 is 28.6 Å². The highest BCUT2D eigenvalue weighted by Crippen LogP contribution is 2.37. The molecule has 1 fully saturated rings. The zero-order valence-electron chi connectivity index (χ0n) is 13.6. The molecule has 0 aliphatic heterocycles.